The van der Waals surface area contributed by atoms with E-state index in [0.717, 1.165) is 55.3 Å². The molecule has 6 aromatic carbocycles. The van der Waals surface area contributed by atoms with Crippen LogP contribution in [0.3, 0.4) is 0 Å². The number of ether oxygens (including phenoxy) is 1. The molecule has 4 heteroatoms. The molecule has 0 saturated carbocycles. The fourth-order valence-electron chi connectivity index (χ4n) is 6.95. The number of phenolic OH excluding ortho intramolecular Hbond substituents is 2. The Morgan fingerprint density at radius 2 is 1.12 bits per heavy atom. The SMILES string of the molecule is CCc1c(O)ccc2c3c(ccc12)C1(c2ccccc2Sc2ccccc21)c1ccc2c(C)c(O)ccc2c1O3. The molecule has 2 aliphatic rings. The molecule has 0 aliphatic carbocycles. The van der Waals surface area contributed by atoms with Gasteiger partial charge in [-0.05, 0) is 77.2 Å². The molecule has 0 amide bonds. The molecule has 3 nitrogen and oxygen atoms in total. The standard InChI is InChI=1S/C36H26O3S/c1-3-21-23-13-17-29-35(25(23)15-19-31(21)38)39-34-24-14-18-30(37)20(2)22(24)12-16-28(34)36(29)26-8-4-6-10-32(26)40-33-11-7-5-9-27(33)36/h4-19,37-38H,3H2,1-2H3. The Hall–Kier alpha value is -4.41. The summed E-state index contributed by atoms with van der Waals surface area (Å²) in [6.07, 6.45) is 0.716. The number of aromatic hydroxyl groups is 2. The Morgan fingerprint density at radius 3 is 1.75 bits per heavy atom. The third-order valence-electron chi connectivity index (χ3n) is 8.80. The summed E-state index contributed by atoms with van der Waals surface area (Å²) < 4.78 is 7.03. The normalized spacial score (nSPS) is 14.3. The summed E-state index contributed by atoms with van der Waals surface area (Å²) in [4.78, 5) is 2.45. The first-order chi connectivity index (χ1) is 19.5. The van der Waals surface area contributed by atoms with E-state index in [1.54, 1.807) is 12.1 Å². The molecule has 0 bridgehead atoms. The second-order valence-corrected chi connectivity index (χ2v) is 11.7. The van der Waals surface area contributed by atoms with Crippen molar-refractivity contribution in [2.75, 3.05) is 0 Å². The second-order valence-electron chi connectivity index (χ2n) is 10.6. The van der Waals surface area contributed by atoms with Crippen LogP contribution in [0.5, 0.6) is 23.0 Å². The van der Waals surface area contributed by atoms with Crippen LogP contribution in [-0.4, -0.2) is 10.2 Å². The number of aryl methyl sites for hydroxylation is 2. The smallest absolute Gasteiger partial charge is 0.140 e. The van der Waals surface area contributed by atoms with Gasteiger partial charge in [0.15, 0.2) is 0 Å². The lowest BCUT2D eigenvalue weighted by Gasteiger charge is -2.45. The highest BCUT2D eigenvalue weighted by Gasteiger charge is 2.50. The lowest BCUT2D eigenvalue weighted by Crippen LogP contribution is -2.36. The van der Waals surface area contributed by atoms with Crippen molar-refractivity contribution < 1.29 is 14.9 Å². The summed E-state index contributed by atoms with van der Waals surface area (Å²) in [5.41, 5.74) is 5.78. The number of rotatable bonds is 1. The highest BCUT2D eigenvalue weighted by molar-refractivity contribution is 7.99. The predicted molar refractivity (Wildman–Crippen MR) is 161 cm³/mol. The Balaban J connectivity index is 1.61. The van der Waals surface area contributed by atoms with Gasteiger partial charge in [-0.1, -0.05) is 79.3 Å². The summed E-state index contributed by atoms with van der Waals surface area (Å²) >= 11 is 1.81. The molecule has 0 atom stereocenters. The van der Waals surface area contributed by atoms with Crippen molar-refractivity contribution >= 4 is 33.3 Å². The maximum absolute atomic E-state index is 10.7. The molecule has 40 heavy (non-hydrogen) atoms. The number of benzene rings is 6. The minimum atomic E-state index is -0.611. The zero-order chi connectivity index (χ0) is 27.2. The largest absolute Gasteiger partial charge is 0.508 e. The van der Waals surface area contributed by atoms with Crippen LogP contribution in [0.1, 0.15) is 40.3 Å². The average molecular weight is 539 g/mol. The van der Waals surface area contributed by atoms with E-state index in [2.05, 4.69) is 79.7 Å². The first kappa shape index (κ1) is 23.5. The van der Waals surface area contributed by atoms with E-state index >= 15 is 0 Å². The Bertz CT molecular complexity index is 2000. The van der Waals surface area contributed by atoms with Gasteiger partial charge < -0.3 is 14.9 Å². The van der Waals surface area contributed by atoms with Gasteiger partial charge in [0.2, 0.25) is 0 Å². The molecule has 0 saturated heterocycles. The van der Waals surface area contributed by atoms with Gasteiger partial charge in [0, 0.05) is 37.3 Å². The minimum Gasteiger partial charge on any atom is -0.508 e. The van der Waals surface area contributed by atoms with E-state index in [1.807, 2.05) is 30.8 Å². The van der Waals surface area contributed by atoms with Crippen LogP contribution < -0.4 is 4.74 Å². The van der Waals surface area contributed by atoms with E-state index in [1.165, 1.54) is 20.9 Å². The fraction of sp³-hybridized carbons (Fsp3) is 0.111. The molecule has 1 spiro atoms. The van der Waals surface area contributed by atoms with E-state index in [-0.39, 0.29) is 5.75 Å². The molecular weight excluding hydrogens is 512 g/mol. The molecule has 8 rings (SSSR count). The summed E-state index contributed by atoms with van der Waals surface area (Å²) in [6.45, 7) is 4.02. The number of phenols is 2. The van der Waals surface area contributed by atoms with Crippen molar-refractivity contribution in [3.63, 3.8) is 0 Å². The highest BCUT2D eigenvalue weighted by atomic mass is 32.2. The number of hydrogen-bond acceptors (Lipinski definition) is 4. The summed E-state index contributed by atoms with van der Waals surface area (Å²) in [5.74, 6) is 2.21. The van der Waals surface area contributed by atoms with Crippen molar-refractivity contribution in [2.45, 2.75) is 35.5 Å². The molecular formula is C36H26O3S. The first-order valence-electron chi connectivity index (χ1n) is 13.6. The third kappa shape index (κ3) is 2.87. The molecule has 2 heterocycles. The molecule has 0 radical (unpaired) electrons. The van der Waals surface area contributed by atoms with Gasteiger partial charge in [-0.2, -0.15) is 0 Å². The van der Waals surface area contributed by atoms with Crippen molar-refractivity contribution in [3.05, 3.63) is 130 Å². The second kappa shape index (κ2) is 8.30. The van der Waals surface area contributed by atoms with Gasteiger partial charge in [-0.25, -0.2) is 0 Å². The first-order valence-corrected chi connectivity index (χ1v) is 14.4. The van der Waals surface area contributed by atoms with Gasteiger partial charge in [0.05, 0.1) is 5.41 Å². The monoisotopic (exact) mass is 538 g/mol. The molecule has 0 unspecified atom stereocenters. The van der Waals surface area contributed by atoms with Gasteiger partial charge >= 0.3 is 0 Å². The van der Waals surface area contributed by atoms with Crippen molar-refractivity contribution in [1.29, 1.82) is 0 Å². The minimum absolute atomic E-state index is 0.275. The van der Waals surface area contributed by atoms with Crippen LogP contribution >= 0.6 is 11.8 Å². The van der Waals surface area contributed by atoms with Crippen molar-refractivity contribution in [1.82, 2.24) is 0 Å². The summed E-state index contributed by atoms with van der Waals surface area (Å²) in [7, 11) is 0. The number of hydrogen-bond donors (Lipinski definition) is 2. The fourth-order valence-corrected chi connectivity index (χ4v) is 8.14. The van der Waals surface area contributed by atoms with Crippen LogP contribution in [0.2, 0.25) is 0 Å². The van der Waals surface area contributed by atoms with Crippen LogP contribution in [0.4, 0.5) is 0 Å². The zero-order valence-electron chi connectivity index (χ0n) is 22.2. The van der Waals surface area contributed by atoms with E-state index in [9.17, 15) is 10.2 Å². The third-order valence-corrected chi connectivity index (χ3v) is 9.95. The van der Waals surface area contributed by atoms with Crippen LogP contribution in [0.15, 0.2) is 107 Å². The van der Waals surface area contributed by atoms with Crippen LogP contribution in [0, 0.1) is 6.92 Å². The van der Waals surface area contributed by atoms with E-state index in [4.69, 9.17) is 4.74 Å². The van der Waals surface area contributed by atoms with E-state index < -0.39 is 5.41 Å². The van der Waals surface area contributed by atoms with Gasteiger partial charge in [0.25, 0.3) is 0 Å². The van der Waals surface area contributed by atoms with E-state index in [0.29, 0.717) is 12.2 Å². The maximum Gasteiger partial charge on any atom is 0.140 e. The Morgan fingerprint density at radius 1 is 0.600 bits per heavy atom. The Kier molecular flexibility index (Phi) is 4.87. The average Bonchev–Trinajstić information content (AvgIpc) is 2.98. The van der Waals surface area contributed by atoms with Gasteiger partial charge in [-0.15, -0.1) is 0 Å². The van der Waals surface area contributed by atoms with Crippen LogP contribution in [0.25, 0.3) is 21.5 Å². The topological polar surface area (TPSA) is 49.7 Å². The molecule has 0 aromatic heterocycles. The molecule has 6 aromatic rings. The molecule has 0 fully saturated rings. The zero-order valence-corrected chi connectivity index (χ0v) is 23.0. The number of fused-ring (bicyclic) bond motifs is 12. The quantitative estimate of drug-likeness (QED) is 0.219. The van der Waals surface area contributed by atoms with Crippen LogP contribution in [-0.2, 0) is 11.8 Å². The van der Waals surface area contributed by atoms with Crippen molar-refractivity contribution in [2.24, 2.45) is 0 Å². The molecule has 2 N–H and O–H groups in total. The lowest BCUT2D eigenvalue weighted by molar-refractivity contribution is 0.441. The Labute approximate surface area is 236 Å². The molecule has 194 valence electrons. The van der Waals surface area contributed by atoms with Crippen molar-refractivity contribution in [3.8, 4) is 23.0 Å². The predicted octanol–water partition coefficient (Wildman–Crippen LogP) is 9.23. The maximum atomic E-state index is 10.7. The van der Waals surface area contributed by atoms with Gasteiger partial charge in [-0.3, -0.25) is 0 Å². The molecule has 2 aliphatic heterocycles. The summed E-state index contributed by atoms with van der Waals surface area (Å²) in [5, 5.41) is 25.2. The highest BCUT2D eigenvalue weighted by Crippen LogP contribution is 2.63. The lowest BCUT2D eigenvalue weighted by atomic mass is 9.62. The summed E-state index contributed by atoms with van der Waals surface area (Å²) in [6, 6.07) is 33.6. The van der Waals surface area contributed by atoms with Gasteiger partial charge in [0.1, 0.15) is 23.0 Å².